The molecule has 26 heavy (non-hydrogen) atoms. The first-order valence-corrected chi connectivity index (χ1v) is 7.76. The van der Waals surface area contributed by atoms with Crippen molar-refractivity contribution in [3.8, 4) is 5.75 Å². The van der Waals surface area contributed by atoms with Gasteiger partial charge >= 0.3 is 0 Å². The number of nitro groups is 1. The van der Waals surface area contributed by atoms with Crippen molar-refractivity contribution in [1.82, 2.24) is 4.57 Å². The van der Waals surface area contributed by atoms with Crippen molar-refractivity contribution < 1.29 is 19.6 Å². The minimum absolute atomic E-state index is 0.132. The second kappa shape index (κ2) is 7.79. The van der Waals surface area contributed by atoms with Gasteiger partial charge < -0.3 is 20.1 Å². The van der Waals surface area contributed by atoms with Crippen molar-refractivity contribution in [1.29, 1.82) is 0 Å². The van der Waals surface area contributed by atoms with Gasteiger partial charge in [-0.3, -0.25) is 19.7 Å². The van der Waals surface area contributed by atoms with Gasteiger partial charge in [0.05, 0.1) is 17.7 Å². The third-order valence-electron chi connectivity index (χ3n) is 3.78. The molecule has 2 aromatic rings. The average molecular weight is 361 g/mol. The Kier molecular flexibility index (Phi) is 5.73. The molecule has 9 nitrogen and oxygen atoms in total. The molecule has 9 heteroatoms. The van der Waals surface area contributed by atoms with E-state index in [1.807, 2.05) is 32.0 Å². The molecule has 0 saturated carbocycles. The van der Waals surface area contributed by atoms with Crippen LogP contribution in [-0.4, -0.2) is 33.2 Å². The Hall–Kier alpha value is -3.20. The molecule has 1 heterocycles. The lowest BCUT2D eigenvalue weighted by molar-refractivity contribution is -0.385. The lowest BCUT2D eigenvalue weighted by Crippen LogP contribution is -2.34. The number of primary amides is 1. The standard InChI is InChI=1S/C17H19N3O6/c1-10-4-3-5-11(2)15(10)26-9-13(21)8-19-7-12(20(24)25)6-14(16(18)22)17(19)23/h3-7,13,21H,8-9H2,1-2H3,(H2,18,22). The number of amides is 1. The number of aryl methyl sites for hydroxylation is 2. The molecule has 1 atom stereocenters. The number of nitrogens with zero attached hydrogens (tertiary/aromatic N) is 2. The number of rotatable bonds is 7. The normalized spacial score (nSPS) is 11.8. The van der Waals surface area contributed by atoms with Gasteiger partial charge in [0.1, 0.15) is 24.0 Å². The molecule has 1 amide bonds. The highest BCUT2D eigenvalue weighted by Gasteiger charge is 2.19. The molecule has 0 bridgehead atoms. The van der Waals surface area contributed by atoms with Crippen molar-refractivity contribution in [2.75, 3.05) is 6.61 Å². The quantitative estimate of drug-likeness (QED) is 0.555. The number of benzene rings is 1. The number of nitrogens with two attached hydrogens (primary N) is 1. The highest BCUT2D eigenvalue weighted by molar-refractivity contribution is 5.92. The van der Waals surface area contributed by atoms with Crippen LogP contribution in [-0.2, 0) is 6.54 Å². The fourth-order valence-electron chi connectivity index (χ4n) is 2.52. The molecule has 3 N–H and O–H groups in total. The zero-order valence-corrected chi connectivity index (χ0v) is 14.3. The number of carbonyl (C=O) groups is 1. The van der Waals surface area contributed by atoms with E-state index in [1.54, 1.807) is 0 Å². The van der Waals surface area contributed by atoms with Crippen molar-refractivity contribution in [2.45, 2.75) is 26.5 Å². The summed E-state index contributed by atoms with van der Waals surface area (Å²) in [6, 6.07) is 6.42. The van der Waals surface area contributed by atoms with E-state index in [4.69, 9.17) is 10.5 Å². The number of hydrogen-bond acceptors (Lipinski definition) is 6. The summed E-state index contributed by atoms with van der Waals surface area (Å²) in [4.78, 5) is 33.7. The molecule has 0 radical (unpaired) electrons. The Bertz CT molecular complexity index is 886. The van der Waals surface area contributed by atoms with E-state index in [-0.39, 0.29) is 13.2 Å². The molecule has 1 aromatic carbocycles. The van der Waals surface area contributed by atoms with E-state index in [1.165, 1.54) is 0 Å². The molecule has 0 saturated heterocycles. The summed E-state index contributed by atoms with van der Waals surface area (Å²) in [6.07, 6.45) is -0.175. The van der Waals surface area contributed by atoms with E-state index < -0.39 is 33.7 Å². The number of hydrogen-bond donors (Lipinski definition) is 2. The number of ether oxygens (including phenoxy) is 1. The van der Waals surface area contributed by atoms with Gasteiger partial charge in [0.2, 0.25) is 0 Å². The van der Waals surface area contributed by atoms with Gasteiger partial charge in [-0.1, -0.05) is 18.2 Å². The third-order valence-corrected chi connectivity index (χ3v) is 3.78. The molecule has 1 unspecified atom stereocenters. The highest BCUT2D eigenvalue weighted by Crippen LogP contribution is 2.22. The molecule has 0 aliphatic carbocycles. The summed E-state index contributed by atoms with van der Waals surface area (Å²) in [5.74, 6) is -0.454. The predicted octanol–water partition coefficient (Wildman–Crippen LogP) is 0.912. The molecular formula is C17H19N3O6. The van der Waals surface area contributed by atoms with Gasteiger partial charge in [0.15, 0.2) is 0 Å². The molecule has 0 aliphatic heterocycles. The molecule has 2 rings (SSSR count). The second-order valence-corrected chi connectivity index (χ2v) is 5.88. The van der Waals surface area contributed by atoms with Gasteiger partial charge in [0, 0.05) is 6.07 Å². The second-order valence-electron chi connectivity index (χ2n) is 5.88. The summed E-state index contributed by atoms with van der Waals surface area (Å²) in [6.45, 7) is 3.30. The smallest absolute Gasteiger partial charge is 0.286 e. The Labute approximate surface area is 148 Å². The van der Waals surface area contributed by atoms with Crippen molar-refractivity contribution in [3.05, 3.63) is 67.6 Å². The molecule has 0 aliphatic rings. The fraction of sp³-hybridized carbons (Fsp3) is 0.294. The van der Waals surface area contributed by atoms with Crippen molar-refractivity contribution >= 4 is 11.6 Å². The van der Waals surface area contributed by atoms with Gasteiger partial charge in [-0.2, -0.15) is 0 Å². The third kappa shape index (κ3) is 4.25. The van der Waals surface area contributed by atoms with Crippen LogP contribution >= 0.6 is 0 Å². The van der Waals surface area contributed by atoms with E-state index >= 15 is 0 Å². The van der Waals surface area contributed by atoms with Gasteiger partial charge in [-0.25, -0.2) is 0 Å². The molecule has 0 spiro atoms. The van der Waals surface area contributed by atoms with E-state index in [9.17, 15) is 24.8 Å². The van der Waals surface area contributed by atoms with Crippen LogP contribution in [0.3, 0.4) is 0 Å². The summed E-state index contributed by atoms with van der Waals surface area (Å²) in [5, 5.41) is 21.1. The van der Waals surface area contributed by atoms with Crippen LogP contribution in [0.4, 0.5) is 5.69 Å². The van der Waals surface area contributed by atoms with Gasteiger partial charge in [-0.15, -0.1) is 0 Å². The summed E-state index contributed by atoms with van der Waals surface area (Å²) >= 11 is 0. The minimum Gasteiger partial charge on any atom is -0.490 e. The van der Waals surface area contributed by atoms with Crippen LogP contribution in [0.25, 0.3) is 0 Å². The van der Waals surface area contributed by atoms with Crippen molar-refractivity contribution in [2.24, 2.45) is 5.73 Å². The van der Waals surface area contributed by atoms with Crippen LogP contribution in [0, 0.1) is 24.0 Å². The maximum Gasteiger partial charge on any atom is 0.286 e. The SMILES string of the molecule is Cc1cccc(C)c1OCC(O)Cn1cc([N+](=O)[O-])cc(C(N)=O)c1=O. The minimum atomic E-state index is -1.13. The molecular weight excluding hydrogens is 342 g/mol. The topological polar surface area (TPSA) is 138 Å². The number of para-hydroxylation sites is 1. The lowest BCUT2D eigenvalue weighted by Gasteiger charge is -2.16. The maximum absolute atomic E-state index is 12.2. The number of pyridine rings is 1. The fourth-order valence-corrected chi connectivity index (χ4v) is 2.52. The number of aromatic nitrogens is 1. The zero-order valence-electron chi connectivity index (χ0n) is 14.3. The lowest BCUT2D eigenvalue weighted by atomic mass is 10.1. The predicted molar refractivity (Wildman–Crippen MR) is 93.3 cm³/mol. The van der Waals surface area contributed by atoms with Gasteiger partial charge in [0.25, 0.3) is 17.2 Å². The Balaban J connectivity index is 2.20. The first-order chi connectivity index (χ1) is 12.2. The maximum atomic E-state index is 12.2. The van der Waals surface area contributed by atoms with Crippen LogP contribution in [0.1, 0.15) is 21.5 Å². The highest BCUT2D eigenvalue weighted by atomic mass is 16.6. The summed E-state index contributed by atoms with van der Waals surface area (Å²) < 4.78 is 6.49. The Morgan fingerprint density at radius 3 is 2.54 bits per heavy atom. The number of aliphatic hydroxyl groups is 1. The Morgan fingerprint density at radius 1 is 1.38 bits per heavy atom. The van der Waals surface area contributed by atoms with Gasteiger partial charge in [-0.05, 0) is 25.0 Å². The summed E-state index contributed by atoms with van der Waals surface area (Å²) in [5.41, 5.74) is 5.07. The van der Waals surface area contributed by atoms with Crippen LogP contribution in [0.5, 0.6) is 5.75 Å². The van der Waals surface area contributed by atoms with Crippen LogP contribution in [0.2, 0.25) is 0 Å². The molecule has 138 valence electrons. The number of aliphatic hydroxyl groups excluding tert-OH is 1. The van der Waals surface area contributed by atoms with E-state index in [0.29, 0.717) is 5.75 Å². The number of carbonyl (C=O) groups excluding carboxylic acids is 1. The summed E-state index contributed by atoms with van der Waals surface area (Å²) in [7, 11) is 0. The largest absolute Gasteiger partial charge is 0.490 e. The van der Waals surface area contributed by atoms with Crippen molar-refractivity contribution in [3.63, 3.8) is 0 Å². The molecule has 0 fully saturated rings. The van der Waals surface area contributed by atoms with Crippen LogP contribution in [0.15, 0.2) is 35.3 Å². The van der Waals surface area contributed by atoms with E-state index in [2.05, 4.69) is 0 Å². The first kappa shape index (κ1) is 19.1. The molecule has 1 aromatic heterocycles. The first-order valence-electron chi connectivity index (χ1n) is 7.76. The zero-order chi connectivity index (χ0) is 19.4. The Morgan fingerprint density at radius 2 is 2.00 bits per heavy atom. The monoisotopic (exact) mass is 361 g/mol. The van der Waals surface area contributed by atoms with E-state index in [0.717, 1.165) is 28.0 Å². The average Bonchev–Trinajstić information content (AvgIpc) is 2.55. The van der Waals surface area contributed by atoms with Crippen LogP contribution < -0.4 is 16.0 Å².